The van der Waals surface area contributed by atoms with Crippen LogP contribution in [0, 0.1) is 0 Å². The van der Waals surface area contributed by atoms with Gasteiger partial charge < -0.3 is 10.6 Å². The average molecular weight is 427 g/mol. The molecule has 4 aromatic rings. The molecule has 0 aliphatic carbocycles. The van der Waals surface area contributed by atoms with Crippen molar-refractivity contribution in [2.45, 2.75) is 9.92 Å². The molecule has 0 fully saturated rings. The molecular weight excluding hydrogens is 408 g/mol. The largest absolute Gasteiger partial charge is 0.322 e. The van der Waals surface area contributed by atoms with Crippen molar-refractivity contribution >= 4 is 35.0 Å². The summed E-state index contributed by atoms with van der Waals surface area (Å²) in [6.07, 6.45) is 4.78. The van der Waals surface area contributed by atoms with Crippen LogP contribution < -0.4 is 10.6 Å². The molecule has 6 nitrogen and oxygen atoms in total. The SMILES string of the molecule is O=C(Nc1cccc(NC(=O)c2cccnc2Sc2ccccc2)c1)c1ccncc1. The number of carbonyl (C=O) groups excluding carboxylic acids is 2. The van der Waals surface area contributed by atoms with Crippen molar-refractivity contribution in [2.75, 3.05) is 10.6 Å². The maximum absolute atomic E-state index is 12.9. The van der Waals surface area contributed by atoms with Gasteiger partial charge in [-0.15, -0.1) is 0 Å². The molecule has 4 rings (SSSR count). The van der Waals surface area contributed by atoms with Gasteiger partial charge in [0.25, 0.3) is 11.8 Å². The Labute approximate surface area is 183 Å². The minimum absolute atomic E-state index is 0.250. The standard InChI is InChI=1S/C24H18N4O2S/c29-22(17-11-14-25-15-12-17)27-18-6-4-7-19(16-18)28-23(30)21-10-5-13-26-24(21)31-20-8-2-1-3-9-20/h1-16H,(H,27,29)(H,28,30). The molecule has 31 heavy (non-hydrogen) atoms. The third-order valence-corrected chi connectivity index (χ3v) is 5.32. The van der Waals surface area contributed by atoms with Crippen molar-refractivity contribution in [1.82, 2.24) is 9.97 Å². The number of nitrogens with one attached hydrogen (secondary N) is 2. The summed E-state index contributed by atoms with van der Waals surface area (Å²) in [7, 11) is 0. The third kappa shape index (κ3) is 5.34. The lowest BCUT2D eigenvalue weighted by molar-refractivity contribution is 0.101. The Morgan fingerprint density at radius 2 is 1.42 bits per heavy atom. The predicted octanol–water partition coefficient (Wildman–Crippen LogP) is 5.13. The first-order chi connectivity index (χ1) is 15.2. The molecule has 0 aliphatic rings. The normalized spacial score (nSPS) is 10.3. The highest BCUT2D eigenvalue weighted by molar-refractivity contribution is 7.99. The Kier molecular flexibility index (Phi) is 6.35. The van der Waals surface area contributed by atoms with Gasteiger partial charge in [0.05, 0.1) is 5.56 Å². The molecule has 0 spiro atoms. The zero-order valence-corrected chi connectivity index (χ0v) is 17.2. The summed E-state index contributed by atoms with van der Waals surface area (Å²) in [6, 6.07) is 23.5. The molecule has 0 saturated carbocycles. The first-order valence-electron chi connectivity index (χ1n) is 9.50. The van der Waals surface area contributed by atoms with Gasteiger partial charge in [-0.25, -0.2) is 4.98 Å². The van der Waals surface area contributed by atoms with Gasteiger partial charge in [-0.2, -0.15) is 0 Å². The quantitative estimate of drug-likeness (QED) is 0.446. The monoisotopic (exact) mass is 426 g/mol. The van der Waals surface area contributed by atoms with Gasteiger partial charge in [0, 0.05) is 40.4 Å². The molecule has 2 aromatic heterocycles. The van der Waals surface area contributed by atoms with E-state index in [1.54, 1.807) is 67.1 Å². The van der Waals surface area contributed by atoms with E-state index in [1.807, 2.05) is 30.3 Å². The first kappa shape index (κ1) is 20.3. The lowest BCUT2D eigenvalue weighted by Gasteiger charge is -2.11. The van der Waals surface area contributed by atoms with Crippen LogP contribution in [0.1, 0.15) is 20.7 Å². The molecule has 2 heterocycles. The number of carbonyl (C=O) groups is 2. The van der Waals surface area contributed by atoms with E-state index in [9.17, 15) is 9.59 Å². The van der Waals surface area contributed by atoms with Crippen molar-refractivity contribution in [3.05, 3.63) is 109 Å². The van der Waals surface area contributed by atoms with Crippen LogP contribution >= 0.6 is 11.8 Å². The van der Waals surface area contributed by atoms with Crippen LogP contribution in [0.15, 0.2) is 107 Å². The number of hydrogen-bond acceptors (Lipinski definition) is 5. The molecule has 0 bridgehead atoms. The fourth-order valence-electron chi connectivity index (χ4n) is 2.82. The number of anilines is 2. The summed E-state index contributed by atoms with van der Waals surface area (Å²) < 4.78 is 0. The van der Waals surface area contributed by atoms with E-state index in [-0.39, 0.29) is 11.8 Å². The van der Waals surface area contributed by atoms with Crippen molar-refractivity contribution in [3.63, 3.8) is 0 Å². The van der Waals surface area contributed by atoms with Crippen LogP contribution in [0.2, 0.25) is 0 Å². The van der Waals surface area contributed by atoms with E-state index in [2.05, 4.69) is 20.6 Å². The summed E-state index contributed by atoms with van der Waals surface area (Å²) in [5.41, 5.74) is 2.12. The predicted molar refractivity (Wildman–Crippen MR) is 121 cm³/mol. The second kappa shape index (κ2) is 9.69. The Hall–Kier alpha value is -3.97. The van der Waals surface area contributed by atoms with Crippen LogP contribution in [-0.2, 0) is 0 Å². The van der Waals surface area contributed by atoms with E-state index in [0.29, 0.717) is 27.5 Å². The van der Waals surface area contributed by atoms with E-state index in [0.717, 1.165) is 4.90 Å². The lowest BCUT2D eigenvalue weighted by Crippen LogP contribution is -2.15. The smallest absolute Gasteiger partial charge is 0.258 e. The fourth-order valence-corrected chi connectivity index (χ4v) is 3.73. The number of aromatic nitrogens is 2. The highest BCUT2D eigenvalue weighted by Crippen LogP contribution is 2.29. The van der Waals surface area contributed by atoms with Gasteiger partial charge in [-0.1, -0.05) is 36.0 Å². The first-order valence-corrected chi connectivity index (χ1v) is 10.3. The summed E-state index contributed by atoms with van der Waals surface area (Å²) >= 11 is 1.43. The second-order valence-corrected chi connectivity index (χ2v) is 7.56. The van der Waals surface area contributed by atoms with Crippen LogP contribution in [0.3, 0.4) is 0 Å². The Bertz CT molecular complexity index is 1200. The maximum atomic E-state index is 12.9. The molecule has 0 saturated heterocycles. The summed E-state index contributed by atoms with van der Waals surface area (Å²) in [6.45, 7) is 0. The summed E-state index contributed by atoms with van der Waals surface area (Å²) in [5.74, 6) is -0.524. The Morgan fingerprint density at radius 1 is 0.710 bits per heavy atom. The molecule has 152 valence electrons. The molecule has 2 N–H and O–H groups in total. The Balaban J connectivity index is 1.48. The minimum Gasteiger partial charge on any atom is -0.322 e. The number of amides is 2. The molecule has 0 atom stereocenters. The molecule has 0 aliphatic heterocycles. The van der Waals surface area contributed by atoms with Gasteiger partial charge in [-0.05, 0) is 54.6 Å². The van der Waals surface area contributed by atoms with E-state index < -0.39 is 0 Å². The van der Waals surface area contributed by atoms with Gasteiger partial charge in [0.15, 0.2) is 0 Å². The fraction of sp³-hybridized carbons (Fsp3) is 0. The maximum Gasteiger partial charge on any atom is 0.258 e. The number of benzene rings is 2. The van der Waals surface area contributed by atoms with Crippen molar-refractivity contribution in [2.24, 2.45) is 0 Å². The van der Waals surface area contributed by atoms with Crippen LogP contribution in [-0.4, -0.2) is 21.8 Å². The lowest BCUT2D eigenvalue weighted by atomic mass is 10.2. The third-order valence-electron chi connectivity index (χ3n) is 4.29. The van der Waals surface area contributed by atoms with E-state index in [1.165, 1.54) is 11.8 Å². The van der Waals surface area contributed by atoms with Crippen molar-refractivity contribution in [3.8, 4) is 0 Å². The zero-order valence-electron chi connectivity index (χ0n) is 16.4. The van der Waals surface area contributed by atoms with Gasteiger partial charge >= 0.3 is 0 Å². The molecule has 0 unspecified atom stereocenters. The van der Waals surface area contributed by atoms with Crippen LogP contribution in [0.25, 0.3) is 0 Å². The number of pyridine rings is 2. The van der Waals surface area contributed by atoms with Crippen LogP contribution in [0.4, 0.5) is 11.4 Å². The van der Waals surface area contributed by atoms with Gasteiger partial charge in [-0.3, -0.25) is 14.6 Å². The molecule has 0 radical (unpaired) electrons. The molecular formula is C24H18N4O2S. The van der Waals surface area contributed by atoms with Crippen molar-refractivity contribution in [1.29, 1.82) is 0 Å². The van der Waals surface area contributed by atoms with Gasteiger partial charge in [0.1, 0.15) is 5.03 Å². The number of rotatable bonds is 6. The topological polar surface area (TPSA) is 84.0 Å². The Morgan fingerprint density at radius 3 is 2.16 bits per heavy atom. The average Bonchev–Trinajstić information content (AvgIpc) is 2.81. The second-order valence-electron chi connectivity index (χ2n) is 6.50. The summed E-state index contributed by atoms with van der Waals surface area (Å²) in [5, 5.41) is 6.32. The molecule has 2 aromatic carbocycles. The highest BCUT2D eigenvalue weighted by atomic mass is 32.2. The minimum atomic E-state index is -0.274. The zero-order chi connectivity index (χ0) is 21.5. The molecule has 7 heteroatoms. The highest BCUT2D eigenvalue weighted by Gasteiger charge is 2.14. The van der Waals surface area contributed by atoms with E-state index >= 15 is 0 Å². The number of nitrogens with zero attached hydrogens (tertiary/aromatic N) is 2. The van der Waals surface area contributed by atoms with Crippen LogP contribution in [0.5, 0.6) is 0 Å². The van der Waals surface area contributed by atoms with Gasteiger partial charge in [0.2, 0.25) is 0 Å². The summed E-state index contributed by atoms with van der Waals surface area (Å²) in [4.78, 5) is 34.5. The van der Waals surface area contributed by atoms with E-state index in [4.69, 9.17) is 0 Å². The van der Waals surface area contributed by atoms with Crippen molar-refractivity contribution < 1.29 is 9.59 Å². The number of hydrogen-bond donors (Lipinski definition) is 2. The molecule has 2 amide bonds.